The van der Waals surface area contributed by atoms with E-state index in [0.29, 0.717) is 39.1 Å². The third-order valence-electron chi connectivity index (χ3n) is 4.32. The molecule has 132 valence electrons. The van der Waals surface area contributed by atoms with Crippen molar-refractivity contribution in [2.75, 3.05) is 0 Å². The molecule has 0 atom stereocenters. The van der Waals surface area contributed by atoms with Gasteiger partial charge >= 0.3 is 0 Å². The first-order valence-electron chi connectivity index (χ1n) is 8.25. The second-order valence-corrected chi connectivity index (χ2v) is 6.10. The Morgan fingerprint density at radius 3 is 2.41 bits per heavy atom. The average Bonchev–Trinajstić information content (AvgIpc) is 2.66. The Hall–Kier alpha value is -3.54. The van der Waals surface area contributed by atoms with E-state index < -0.39 is 11.6 Å². The molecule has 0 spiro atoms. The zero-order chi connectivity index (χ0) is 19.0. The Labute approximate surface area is 154 Å². The van der Waals surface area contributed by atoms with Crippen LogP contribution in [0, 0.1) is 24.0 Å². The Bertz CT molecular complexity index is 1150. The van der Waals surface area contributed by atoms with Crippen LogP contribution in [-0.4, -0.2) is 21.2 Å². The van der Waals surface area contributed by atoms with Crippen molar-refractivity contribution in [1.82, 2.24) is 15.0 Å². The number of pyridine rings is 1. The molecule has 6 heteroatoms. The van der Waals surface area contributed by atoms with Gasteiger partial charge in [-0.25, -0.2) is 18.7 Å². The molecular formula is C21H14F2N4. The highest BCUT2D eigenvalue weighted by molar-refractivity contribution is 6.05. The van der Waals surface area contributed by atoms with Gasteiger partial charge < -0.3 is 5.41 Å². The van der Waals surface area contributed by atoms with Crippen molar-refractivity contribution in [3.05, 3.63) is 77.8 Å². The third kappa shape index (κ3) is 3.06. The van der Waals surface area contributed by atoms with Crippen molar-refractivity contribution >= 4 is 17.1 Å². The number of aryl methyl sites for hydroxylation is 1. The first-order valence-corrected chi connectivity index (χ1v) is 8.25. The van der Waals surface area contributed by atoms with Gasteiger partial charge in [-0.05, 0) is 48.4 Å². The second-order valence-electron chi connectivity index (χ2n) is 6.10. The van der Waals surface area contributed by atoms with Gasteiger partial charge in [-0.2, -0.15) is 0 Å². The lowest BCUT2D eigenvalue weighted by Crippen LogP contribution is -1.99. The summed E-state index contributed by atoms with van der Waals surface area (Å²) in [6.07, 6.45) is 4.53. The van der Waals surface area contributed by atoms with E-state index in [1.807, 2.05) is 19.1 Å². The first kappa shape index (κ1) is 16.9. The molecule has 4 aromatic rings. The zero-order valence-corrected chi connectivity index (χ0v) is 14.4. The number of nitrogens with zero attached hydrogens (tertiary/aromatic N) is 3. The van der Waals surface area contributed by atoms with Gasteiger partial charge in [0.15, 0.2) is 5.82 Å². The van der Waals surface area contributed by atoms with E-state index in [1.165, 1.54) is 18.3 Å². The molecule has 0 fully saturated rings. The highest BCUT2D eigenvalue weighted by Crippen LogP contribution is 2.32. The van der Waals surface area contributed by atoms with E-state index in [-0.39, 0.29) is 0 Å². The molecule has 0 aliphatic heterocycles. The van der Waals surface area contributed by atoms with Gasteiger partial charge in [0, 0.05) is 46.9 Å². The van der Waals surface area contributed by atoms with Gasteiger partial charge in [0.25, 0.3) is 0 Å². The number of rotatable bonds is 3. The highest BCUT2D eigenvalue weighted by atomic mass is 19.1. The fourth-order valence-corrected chi connectivity index (χ4v) is 3.17. The van der Waals surface area contributed by atoms with Crippen LogP contribution in [0.2, 0.25) is 0 Å². The summed E-state index contributed by atoms with van der Waals surface area (Å²) in [5.41, 5.74) is 3.56. The van der Waals surface area contributed by atoms with Crippen LogP contribution < -0.4 is 0 Å². The predicted octanol–water partition coefficient (Wildman–Crippen LogP) is 4.94. The maximum Gasteiger partial charge on any atom is 0.161 e. The normalized spacial score (nSPS) is 10.9. The second kappa shape index (κ2) is 6.64. The molecule has 1 N–H and O–H groups in total. The van der Waals surface area contributed by atoms with Gasteiger partial charge in [0.2, 0.25) is 0 Å². The molecule has 4 nitrogen and oxygen atoms in total. The monoisotopic (exact) mass is 360 g/mol. The van der Waals surface area contributed by atoms with Crippen molar-refractivity contribution in [1.29, 1.82) is 5.41 Å². The standard InChI is InChI=1S/C21H14F2N4/c1-12-20-18(10-24)17(14-7-15(22)9-16(23)8-14)4-5-19(20)27-21(26-12)13-3-2-6-25-11-13/h2-11,24H,1H3. The van der Waals surface area contributed by atoms with Crippen LogP contribution >= 0.6 is 0 Å². The lowest BCUT2D eigenvalue weighted by molar-refractivity contribution is 0.584. The molecule has 0 aliphatic carbocycles. The average molecular weight is 360 g/mol. The molecule has 4 rings (SSSR count). The molecule has 2 aromatic heterocycles. The number of nitrogens with one attached hydrogen (secondary N) is 1. The minimum atomic E-state index is -0.666. The molecule has 0 unspecified atom stereocenters. The minimum absolute atomic E-state index is 0.364. The molecule has 0 amide bonds. The molecule has 0 saturated heterocycles. The van der Waals surface area contributed by atoms with Crippen molar-refractivity contribution in [3.8, 4) is 22.5 Å². The summed E-state index contributed by atoms with van der Waals surface area (Å²) in [7, 11) is 0. The zero-order valence-electron chi connectivity index (χ0n) is 14.4. The van der Waals surface area contributed by atoms with Crippen LogP contribution in [0.4, 0.5) is 8.78 Å². The number of hydrogen-bond acceptors (Lipinski definition) is 4. The van der Waals surface area contributed by atoms with Gasteiger partial charge in [0.1, 0.15) is 11.6 Å². The Kier molecular flexibility index (Phi) is 4.16. The van der Waals surface area contributed by atoms with Gasteiger partial charge in [-0.1, -0.05) is 6.07 Å². The fourth-order valence-electron chi connectivity index (χ4n) is 3.17. The Morgan fingerprint density at radius 2 is 1.74 bits per heavy atom. The van der Waals surface area contributed by atoms with Crippen molar-refractivity contribution in [2.24, 2.45) is 0 Å². The summed E-state index contributed by atoms with van der Waals surface area (Å²) in [6.45, 7) is 1.83. The largest absolute Gasteiger partial charge is 0.308 e. The topological polar surface area (TPSA) is 62.5 Å². The number of benzene rings is 2. The van der Waals surface area contributed by atoms with E-state index in [2.05, 4.69) is 15.0 Å². The SMILES string of the molecule is Cc1nc(-c2cccnc2)nc2ccc(-c3cc(F)cc(F)c3)c(C=N)c12. The van der Waals surface area contributed by atoms with Crippen LogP contribution in [0.15, 0.2) is 54.9 Å². The number of aromatic nitrogens is 3. The predicted molar refractivity (Wildman–Crippen MR) is 101 cm³/mol. The maximum atomic E-state index is 13.7. The Balaban J connectivity index is 1.97. The first-order chi connectivity index (χ1) is 13.1. The molecule has 27 heavy (non-hydrogen) atoms. The van der Waals surface area contributed by atoms with Crippen LogP contribution in [0.3, 0.4) is 0 Å². The van der Waals surface area contributed by atoms with Crippen molar-refractivity contribution < 1.29 is 8.78 Å². The highest BCUT2D eigenvalue weighted by Gasteiger charge is 2.15. The molecule has 0 bridgehead atoms. The lowest BCUT2D eigenvalue weighted by atomic mass is 9.95. The third-order valence-corrected chi connectivity index (χ3v) is 4.32. The van der Waals surface area contributed by atoms with Crippen LogP contribution in [0.5, 0.6) is 0 Å². The number of fused-ring (bicyclic) bond motifs is 1. The van der Waals surface area contributed by atoms with Crippen molar-refractivity contribution in [2.45, 2.75) is 6.92 Å². The van der Waals surface area contributed by atoms with Gasteiger partial charge in [-0.15, -0.1) is 0 Å². The van der Waals surface area contributed by atoms with E-state index in [9.17, 15) is 8.78 Å². The van der Waals surface area contributed by atoms with Gasteiger partial charge in [0.05, 0.1) is 5.52 Å². The van der Waals surface area contributed by atoms with E-state index in [0.717, 1.165) is 11.6 Å². The molecule has 2 aromatic carbocycles. The quantitative estimate of drug-likeness (QED) is 0.526. The van der Waals surface area contributed by atoms with E-state index in [1.54, 1.807) is 24.5 Å². The summed E-state index contributed by atoms with van der Waals surface area (Å²) < 4.78 is 27.3. The molecule has 0 saturated carbocycles. The van der Waals surface area contributed by atoms with E-state index in [4.69, 9.17) is 5.41 Å². The summed E-state index contributed by atoms with van der Waals surface area (Å²) in [6, 6.07) is 10.5. The maximum absolute atomic E-state index is 13.7. The summed E-state index contributed by atoms with van der Waals surface area (Å²) in [5, 5.41) is 8.54. The van der Waals surface area contributed by atoms with Crippen molar-refractivity contribution in [3.63, 3.8) is 0 Å². The number of hydrogen-bond donors (Lipinski definition) is 1. The number of halogens is 2. The fraction of sp³-hybridized carbons (Fsp3) is 0.0476. The van der Waals surface area contributed by atoms with Crippen LogP contribution in [0.25, 0.3) is 33.4 Å². The smallest absolute Gasteiger partial charge is 0.161 e. The molecule has 0 aliphatic rings. The van der Waals surface area contributed by atoms with Gasteiger partial charge in [-0.3, -0.25) is 4.98 Å². The molecule has 0 radical (unpaired) electrons. The minimum Gasteiger partial charge on any atom is -0.308 e. The lowest BCUT2D eigenvalue weighted by Gasteiger charge is -2.13. The molecule has 2 heterocycles. The summed E-state index contributed by atoms with van der Waals surface area (Å²) in [4.78, 5) is 13.2. The van der Waals surface area contributed by atoms with E-state index >= 15 is 0 Å². The summed E-state index contributed by atoms with van der Waals surface area (Å²) in [5.74, 6) is -0.796. The Morgan fingerprint density at radius 1 is 0.963 bits per heavy atom. The molecular weight excluding hydrogens is 346 g/mol. The summed E-state index contributed by atoms with van der Waals surface area (Å²) >= 11 is 0. The van der Waals surface area contributed by atoms with Crippen LogP contribution in [0.1, 0.15) is 11.3 Å². The van der Waals surface area contributed by atoms with Crippen LogP contribution in [-0.2, 0) is 0 Å².